The molecule has 1 aliphatic rings. The largest absolute Gasteiger partial charge is 0.573 e. The number of ether oxygens (including phenoxy) is 1. The molecule has 0 bridgehead atoms. The van der Waals surface area contributed by atoms with Gasteiger partial charge in [0.15, 0.2) is 0 Å². The van der Waals surface area contributed by atoms with E-state index in [1.807, 2.05) is 11.0 Å². The van der Waals surface area contributed by atoms with E-state index in [-0.39, 0.29) is 18.1 Å². The first-order chi connectivity index (χ1) is 16.9. The molecule has 2 aromatic heterocycles. The van der Waals surface area contributed by atoms with Gasteiger partial charge in [-0.05, 0) is 42.5 Å². The minimum atomic E-state index is -4.77. The van der Waals surface area contributed by atoms with E-state index in [2.05, 4.69) is 16.3 Å². The molecule has 0 aliphatic carbocycles. The second kappa shape index (κ2) is 10.2. The first-order valence-electron chi connectivity index (χ1n) is 11.3. The zero-order chi connectivity index (χ0) is 26.2. The van der Waals surface area contributed by atoms with Gasteiger partial charge in [-0.1, -0.05) is 29.8 Å². The van der Waals surface area contributed by atoms with Crippen LogP contribution in [0.15, 0.2) is 37.0 Å². The fourth-order valence-electron chi connectivity index (χ4n) is 4.59. The molecule has 1 saturated heterocycles. The SMILES string of the molecule is C=C(c1ncc(Cl)c(Cc2cc3ccc(OC(F)(F)F)cc3n2C)c1Cl)N1CCC(CC(=O)O)CC1. The lowest BCUT2D eigenvalue weighted by atomic mass is 9.93. The van der Waals surface area contributed by atoms with Crippen molar-refractivity contribution in [3.8, 4) is 5.75 Å². The van der Waals surface area contributed by atoms with Crippen molar-refractivity contribution in [1.82, 2.24) is 14.5 Å². The fourth-order valence-corrected chi connectivity index (χ4v) is 5.17. The van der Waals surface area contributed by atoms with E-state index in [9.17, 15) is 18.0 Å². The van der Waals surface area contributed by atoms with Crippen molar-refractivity contribution in [2.24, 2.45) is 13.0 Å². The Morgan fingerprint density at radius 1 is 1.25 bits per heavy atom. The standard InChI is InChI=1S/C25H24Cl2F3N3O3/c1-14(33-7-5-15(6-8-33)9-22(34)35)24-23(27)19(20(26)13-31-24)11-17-10-16-3-4-18(36-25(28,29)30)12-21(16)32(17)2/h3-4,10,12-13,15H,1,5-9,11H2,2H3,(H,34,35). The molecule has 1 N–H and O–H groups in total. The van der Waals surface area contributed by atoms with Gasteiger partial charge in [0, 0.05) is 56.3 Å². The molecule has 1 aliphatic heterocycles. The number of halogens is 5. The smallest absolute Gasteiger partial charge is 0.481 e. The van der Waals surface area contributed by atoms with Crippen LogP contribution in [0.25, 0.3) is 16.6 Å². The van der Waals surface area contributed by atoms with E-state index >= 15 is 0 Å². The molecule has 3 aromatic rings. The Morgan fingerprint density at radius 2 is 1.94 bits per heavy atom. The predicted molar refractivity (Wildman–Crippen MR) is 132 cm³/mol. The van der Waals surface area contributed by atoms with E-state index in [0.717, 1.165) is 23.9 Å². The van der Waals surface area contributed by atoms with Gasteiger partial charge in [0.1, 0.15) is 11.4 Å². The fraction of sp³-hybridized carbons (Fsp3) is 0.360. The van der Waals surface area contributed by atoms with Crippen molar-refractivity contribution in [2.45, 2.75) is 32.0 Å². The van der Waals surface area contributed by atoms with Crippen LogP contribution in [-0.2, 0) is 18.3 Å². The number of hydrogen-bond acceptors (Lipinski definition) is 4. The summed E-state index contributed by atoms with van der Waals surface area (Å²) >= 11 is 13.2. The topological polar surface area (TPSA) is 67.6 Å². The number of fused-ring (bicyclic) bond motifs is 1. The van der Waals surface area contributed by atoms with Crippen LogP contribution < -0.4 is 4.74 Å². The van der Waals surface area contributed by atoms with Gasteiger partial charge in [-0.15, -0.1) is 13.2 Å². The summed E-state index contributed by atoms with van der Waals surface area (Å²) in [7, 11) is 1.75. The molecule has 11 heteroatoms. The number of benzene rings is 1. The molecule has 0 amide bonds. The highest BCUT2D eigenvalue weighted by molar-refractivity contribution is 6.36. The number of rotatable bonds is 7. The number of pyridine rings is 1. The minimum Gasteiger partial charge on any atom is -0.481 e. The maximum atomic E-state index is 12.6. The Labute approximate surface area is 215 Å². The summed E-state index contributed by atoms with van der Waals surface area (Å²) in [5.74, 6) is -0.963. The maximum Gasteiger partial charge on any atom is 0.573 e. The number of aliphatic carboxylic acids is 1. The Balaban J connectivity index is 1.57. The van der Waals surface area contributed by atoms with Crippen LogP contribution in [0.5, 0.6) is 5.75 Å². The van der Waals surface area contributed by atoms with E-state index in [1.165, 1.54) is 18.3 Å². The van der Waals surface area contributed by atoms with Crippen LogP contribution in [0.4, 0.5) is 13.2 Å². The van der Waals surface area contributed by atoms with Crippen molar-refractivity contribution < 1.29 is 27.8 Å². The summed E-state index contributed by atoms with van der Waals surface area (Å²) in [6.07, 6.45) is -1.32. The van der Waals surface area contributed by atoms with Gasteiger partial charge in [-0.2, -0.15) is 0 Å². The number of aryl methyl sites for hydroxylation is 1. The molecule has 0 atom stereocenters. The van der Waals surface area contributed by atoms with Crippen LogP contribution in [0.3, 0.4) is 0 Å². The Bertz CT molecular complexity index is 1320. The highest BCUT2D eigenvalue weighted by atomic mass is 35.5. The number of piperidine rings is 1. The molecule has 0 saturated carbocycles. The summed E-state index contributed by atoms with van der Waals surface area (Å²) in [5.41, 5.74) is 3.12. The van der Waals surface area contributed by atoms with Crippen LogP contribution in [-0.4, -0.2) is 45.0 Å². The zero-order valence-corrected chi connectivity index (χ0v) is 20.9. The van der Waals surface area contributed by atoms with E-state index < -0.39 is 12.3 Å². The number of nitrogens with zero attached hydrogens (tertiary/aromatic N) is 3. The first kappa shape index (κ1) is 26.2. The average molecular weight is 542 g/mol. The molecule has 6 nitrogen and oxygen atoms in total. The lowest BCUT2D eigenvalue weighted by Gasteiger charge is -2.34. The number of alkyl halides is 3. The average Bonchev–Trinajstić information content (AvgIpc) is 3.10. The van der Waals surface area contributed by atoms with Crippen molar-refractivity contribution in [3.05, 3.63) is 64.0 Å². The molecule has 192 valence electrons. The lowest BCUT2D eigenvalue weighted by molar-refractivity contribution is -0.274. The quantitative estimate of drug-likeness (QED) is 0.368. The zero-order valence-electron chi connectivity index (χ0n) is 19.4. The maximum absolute atomic E-state index is 12.6. The predicted octanol–water partition coefficient (Wildman–Crippen LogP) is 6.53. The van der Waals surface area contributed by atoms with Crippen LogP contribution in [0.2, 0.25) is 10.0 Å². The van der Waals surface area contributed by atoms with Gasteiger partial charge in [-0.25, -0.2) is 0 Å². The molecule has 1 fully saturated rings. The van der Waals surface area contributed by atoms with E-state index in [4.69, 9.17) is 28.3 Å². The van der Waals surface area contributed by atoms with Gasteiger partial charge >= 0.3 is 12.3 Å². The number of carboxylic acids is 1. The molecule has 4 rings (SSSR count). The highest BCUT2D eigenvalue weighted by Gasteiger charge is 2.31. The normalized spacial score (nSPS) is 14.9. The molecule has 3 heterocycles. The summed E-state index contributed by atoms with van der Waals surface area (Å²) in [4.78, 5) is 17.4. The van der Waals surface area contributed by atoms with E-state index in [0.29, 0.717) is 52.0 Å². The van der Waals surface area contributed by atoms with Crippen molar-refractivity contribution in [3.63, 3.8) is 0 Å². The monoisotopic (exact) mass is 541 g/mol. The molecule has 0 spiro atoms. The molecule has 36 heavy (non-hydrogen) atoms. The number of hydrogen-bond donors (Lipinski definition) is 1. The third-order valence-electron chi connectivity index (χ3n) is 6.51. The van der Waals surface area contributed by atoms with E-state index in [1.54, 1.807) is 17.7 Å². The van der Waals surface area contributed by atoms with Gasteiger partial charge in [0.05, 0.1) is 21.3 Å². The first-order valence-corrected chi connectivity index (χ1v) is 12.0. The third kappa shape index (κ3) is 5.73. The number of carbonyl (C=O) groups is 1. The second-order valence-corrected chi connectivity index (χ2v) is 9.65. The molecule has 0 radical (unpaired) electrons. The van der Waals surface area contributed by atoms with Crippen LogP contribution >= 0.6 is 23.2 Å². The number of likely N-dealkylation sites (tertiary alicyclic amines) is 1. The van der Waals surface area contributed by atoms with Crippen molar-refractivity contribution in [2.75, 3.05) is 13.1 Å². The number of aromatic nitrogens is 2. The summed E-state index contributed by atoms with van der Waals surface area (Å²) in [6.45, 7) is 5.48. The molecular formula is C25H24Cl2F3N3O3. The van der Waals surface area contributed by atoms with Crippen LogP contribution in [0.1, 0.15) is 36.2 Å². The third-order valence-corrected chi connectivity index (χ3v) is 7.24. The highest BCUT2D eigenvalue weighted by Crippen LogP contribution is 2.36. The van der Waals surface area contributed by atoms with Crippen molar-refractivity contribution in [1.29, 1.82) is 0 Å². The Morgan fingerprint density at radius 3 is 2.58 bits per heavy atom. The van der Waals surface area contributed by atoms with Crippen LogP contribution in [0, 0.1) is 5.92 Å². The Kier molecular flexibility index (Phi) is 7.43. The van der Waals surface area contributed by atoms with Gasteiger partial charge in [0.25, 0.3) is 0 Å². The van der Waals surface area contributed by atoms with Gasteiger partial charge < -0.3 is 19.3 Å². The van der Waals surface area contributed by atoms with Crippen molar-refractivity contribution >= 4 is 45.8 Å². The summed E-state index contributed by atoms with van der Waals surface area (Å²) < 4.78 is 43.7. The second-order valence-electron chi connectivity index (χ2n) is 8.86. The lowest BCUT2D eigenvalue weighted by Crippen LogP contribution is -2.33. The minimum absolute atomic E-state index is 0.129. The number of carboxylic acid groups (broad SMARTS) is 1. The molecular weight excluding hydrogens is 518 g/mol. The Hall–Kier alpha value is -2.91. The summed E-state index contributed by atoms with van der Waals surface area (Å²) in [6, 6.07) is 6.04. The summed E-state index contributed by atoms with van der Waals surface area (Å²) in [5, 5.41) is 10.5. The molecule has 0 unspecified atom stereocenters. The van der Waals surface area contributed by atoms with Gasteiger partial charge in [-0.3, -0.25) is 9.78 Å². The van der Waals surface area contributed by atoms with Gasteiger partial charge in [0.2, 0.25) is 0 Å². The molecule has 1 aromatic carbocycles.